The lowest BCUT2D eigenvalue weighted by molar-refractivity contribution is 0.0444. The lowest BCUT2D eigenvalue weighted by atomic mass is 9.90. The minimum Gasteiger partial charge on any atom is -0.386 e. The Morgan fingerprint density at radius 3 is 2.10 bits per heavy atom. The third-order valence-corrected chi connectivity index (χ3v) is 4.44. The molecule has 0 N–H and O–H groups in total. The number of carbonyl (C=O) groups is 2. The number of ether oxygens (including phenoxy) is 1. The molecule has 3 nitrogen and oxygen atoms in total. The van der Waals surface area contributed by atoms with Crippen molar-refractivity contribution in [1.29, 1.82) is 0 Å². The standard InChI is InChI=1S/C18H16O3/c1-9-7-15(12(4)11(3)10(9)2)13-5-6-14-16(8-13)18(20)21-17(14)19/h5-8H,1-4H3. The van der Waals surface area contributed by atoms with Gasteiger partial charge < -0.3 is 4.74 Å². The first-order valence-electron chi connectivity index (χ1n) is 6.88. The molecule has 0 radical (unpaired) electrons. The maximum Gasteiger partial charge on any atom is 0.346 e. The zero-order chi connectivity index (χ0) is 15.3. The minimum atomic E-state index is -0.561. The predicted molar refractivity (Wildman–Crippen MR) is 80.6 cm³/mol. The lowest BCUT2D eigenvalue weighted by Crippen LogP contribution is -1.97. The molecule has 0 aromatic heterocycles. The smallest absolute Gasteiger partial charge is 0.346 e. The number of carbonyl (C=O) groups excluding carboxylic acids is 2. The summed E-state index contributed by atoms with van der Waals surface area (Å²) in [6.07, 6.45) is 0. The van der Waals surface area contributed by atoms with Crippen LogP contribution in [0.5, 0.6) is 0 Å². The van der Waals surface area contributed by atoms with Crippen LogP contribution in [-0.2, 0) is 4.74 Å². The highest BCUT2D eigenvalue weighted by Gasteiger charge is 2.29. The van der Waals surface area contributed by atoms with Crippen molar-refractivity contribution in [3.05, 3.63) is 57.6 Å². The molecule has 0 spiro atoms. The quantitative estimate of drug-likeness (QED) is 0.588. The Hall–Kier alpha value is -2.42. The second-order valence-corrected chi connectivity index (χ2v) is 5.55. The van der Waals surface area contributed by atoms with Crippen LogP contribution in [0.15, 0.2) is 24.3 Å². The van der Waals surface area contributed by atoms with Gasteiger partial charge in [0.15, 0.2) is 0 Å². The Morgan fingerprint density at radius 2 is 1.38 bits per heavy atom. The molecule has 21 heavy (non-hydrogen) atoms. The van der Waals surface area contributed by atoms with E-state index in [1.807, 2.05) is 6.07 Å². The van der Waals surface area contributed by atoms with Gasteiger partial charge in [-0.3, -0.25) is 0 Å². The number of benzene rings is 2. The zero-order valence-corrected chi connectivity index (χ0v) is 12.5. The third-order valence-electron chi connectivity index (χ3n) is 4.44. The second kappa shape index (κ2) is 4.55. The van der Waals surface area contributed by atoms with E-state index in [0.717, 1.165) is 11.1 Å². The summed E-state index contributed by atoms with van der Waals surface area (Å²) in [5.74, 6) is -1.12. The first kappa shape index (κ1) is 13.6. The van der Waals surface area contributed by atoms with Crippen molar-refractivity contribution in [2.75, 3.05) is 0 Å². The van der Waals surface area contributed by atoms with E-state index in [2.05, 4.69) is 38.5 Å². The summed E-state index contributed by atoms with van der Waals surface area (Å²) >= 11 is 0. The van der Waals surface area contributed by atoms with Gasteiger partial charge >= 0.3 is 11.9 Å². The van der Waals surface area contributed by atoms with Crippen molar-refractivity contribution < 1.29 is 14.3 Å². The number of hydrogen-bond acceptors (Lipinski definition) is 3. The Morgan fingerprint density at radius 1 is 0.714 bits per heavy atom. The van der Waals surface area contributed by atoms with Gasteiger partial charge in [0.05, 0.1) is 11.1 Å². The molecule has 2 aromatic carbocycles. The van der Waals surface area contributed by atoms with Crippen molar-refractivity contribution in [3.8, 4) is 11.1 Å². The van der Waals surface area contributed by atoms with Crippen LogP contribution < -0.4 is 0 Å². The van der Waals surface area contributed by atoms with Crippen molar-refractivity contribution in [2.45, 2.75) is 27.7 Å². The minimum absolute atomic E-state index is 0.349. The molecular weight excluding hydrogens is 264 g/mol. The molecule has 2 aromatic rings. The maximum absolute atomic E-state index is 11.7. The molecule has 0 aliphatic carbocycles. The fraction of sp³-hybridized carbons (Fsp3) is 0.222. The summed E-state index contributed by atoms with van der Waals surface area (Å²) in [4.78, 5) is 23.2. The summed E-state index contributed by atoms with van der Waals surface area (Å²) in [5.41, 5.74) is 7.67. The second-order valence-electron chi connectivity index (χ2n) is 5.55. The van der Waals surface area contributed by atoms with Gasteiger partial charge in [-0.25, -0.2) is 9.59 Å². The molecule has 0 unspecified atom stereocenters. The number of rotatable bonds is 1. The Balaban J connectivity index is 2.22. The van der Waals surface area contributed by atoms with E-state index < -0.39 is 11.9 Å². The SMILES string of the molecule is Cc1cc(-c2ccc3c(c2)C(=O)OC3=O)c(C)c(C)c1C. The number of esters is 2. The Labute approximate surface area is 123 Å². The average Bonchev–Trinajstić information content (AvgIpc) is 2.75. The summed E-state index contributed by atoms with van der Waals surface area (Å²) < 4.78 is 4.64. The van der Waals surface area contributed by atoms with Crippen molar-refractivity contribution >= 4 is 11.9 Å². The highest BCUT2D eigenvalue weighted by molar-refractivity contribution is 6.15. The van der Waals surface area contributed by atoms with Crippen LogP contribution in [0, 0.1) is 27.7 Å². The molecule has 1 heterocycles. The van der Waals surface area contributed by atoms with Crippen LogP contribution in [0.4, 0.5) is 0 Å². The van der Waals surface area contributed by atoms with Gasteiger partial charge in [0.2, 0.25) is 0 Å². The number of cyclic esters (lactones) is 2. The van der Waals surface area contributed by atoms with Crippen LogP contribution >= 0.6 is 0 Å². The molecule has 0 saturated heterocycles. The van der Waals surface area contributed by atoms with Gasteiger partial charge in [0, 0.05) is 0 Å². The Bertz CT molecular complexity index is 801. The van der Waals surface area contributed by atoms with E-state index in [4.69, 9.17) is 0 Å². The molecule has 106 valence electrons. The highest BCUT2D eigenvalue weighted by atomic mass is 16.6. The van der Waals surface area contributed by atoms with Gasteiger partial charge in [-0.2, -0.15) is 0 Å². The average molecular weight is 280 g/mol. The van der Waals surface area contributed by atoms with Crippen LogP contribution in [-0.4, -0.2) is 11.9 Å². The monoisotopic (exact) mass is 280 g/mol. The summed E-state index contributed by atoms with van der Waals surface area (Å²) in [5, 5.41) is 0. The molecule has 3 rings (SSSR count). The van der Waals surface area contributed by atoms with E-state index in [-0.39, 0.29) is 0 Å². The molecule has 0 atom stereocenters. The molecule has 0 fully saturated rings. The van der Waals surface area contributed by atoms with Crippen LogP contribution in [0.3, 0.4) is 0 Å². The first-order valence-corrected chi connectivity index (χ1v) is 6.88. The summed E-state index contributed by atoms with van der Waals surface area (Å²) in [7, 11) is 0. The van der Waals surface area contributed by atoms with E-state index in [0.29, 0.717) is 11.1 Å². The lowest BCUT2D eigenvalue weighted by Gasteiger charge is -2.14. The zero-order valence-electron chi connectivity index (χ0n) is 12.5. The van der Waals surface area contributed by atoms with Gasteiger partial charge in [-0.05, 0) is 73.2 Å². The molecular formula is C18H16O3. The topological polar surface area (TPSA) is 43.4 Å². The van der Waals surface area contributed by atoms with Gasteiger partial charge in [-0.1, -0.05) is 12.1 Å². The molecule has 0 amide bonds. The van der Waals surface area contributed by atoms with E-state index >= 15 is 0 Å². The number of hydrogen-bond donors (Lipinski definition) is 0. The third kappa shape index (κ3) is 1.97. The van der Waals surface area contributed by atoms with Gasteiger partial charge in [-0.15, -0.1) is 0 Å². The molecule has 0 saturated carbocycles. The molecule has 1 aliphatic heterocycles. The van der Waals surface area contributed by atoms with E-state index in [1.54, 1.807) is 12.1 Å². The predicted octanol–water partition coefficient (Wildman–Crippen LogP) is 3.90. The van der Waals surface area contributed by atoms with Crippen LogP contribution in [0.25, 0.3) is 11.1 Å². The molecule has 1 aliphatic rings. The van der Waals surface area contributed by atoms with Gasteiger partial charge in [0.1, 0.15) is 0 Å². The fourth-order valence-electron chi connectivity index (χ4n) is 2.76. The number of aryl methyl sites for hydroxylation is 1. The first-order chi connectivity index (χ1) is 9.90. The molecule has 3 heteroatoms. The van der Waals surface area contributed by atoms with Gasteiger partial charge in [0.25, 0.3) is 0 Å². The molecule has 0 bridgehead atoms. The Kier molecular flexibility index (Phi) is 2.94. The summed E-state index contributed by atoms with van der Waals surface area (Å²) in [6, 6.07) is 7.41. The van der Waals surface area contributed by atoms with Crippen molar-refractivity contribution in [3.63, 3.8) is 0 Å². The van der Waals surface area contributed by atoms with Crippen molar-refractivity contribution in [1.82, 2.24) is 0 Å². The fourth-order valence-corrected chi connectivity index (χ4v) is 2.76. The normalized spacial score (nSPS) is 13.3. The highest BCUT2D eigenvalue weighted by Crippen LogP contribution is 2.32. The largest absolute Gasteiger partial charge is 0.386 e. The summed E-state index contributed by atoms with van der Waals surface area (Å²) in [6.45, 7) is 8.37. The maximum atomic E-state index is 11.7. The van der Waals surface area contributed by atoms with E-state index in [1.165, 1.54) is 22.3 Å². The van der Waals surface area contributed by atoms with Crippen LogP contribution in [0.2, 0.25) is 0 Å². The number of fused-ring (bicyclic) bond motifs is 1. The van der Waals surface area contributed by atoms with Crippen LogP contribution in [0.1, 0.15) is 43.0 Å². The van der Waals surface area contributed by atoms with E-state index in [9.17, 15) is 9.59 Å². The van der Waals surface area contributed by atoms with Crippen molar-refractivity contribution in [2.24, 2.45) is 0 Å².